The molecule has 0 spiro atoms. The number of ketones is 1. The molecular formula is C16H21NO3. The molecule has 1 saturated heterocycles. The lowest BCUT2D eigenvalue weighted by molar-refractivity contribution is 0.0753. The quantitative estimate of drug-likeness (QED) is 0.796. The molecule has 0 aliphatic carbocycles. The number of hydrogen-bond donors (Lipinski definition) is 0. The van der Waals surface area contributed by atoms with Gasteiger partial charge in [-0.05, 0) is 32.3 Å². The number of nitrogens with zero attached hydrogens (tertiary/aromatic N) is 1. The molecule has 1 aliphatic heterocycles. The number of carbonyl (C=O) groups excluding carboxylic acids is 2. The summed E-state index contributed by atoms with van der Waals surface area (Å²) in [4.78, 5) is 25.8. The Labute approximate surface area is 119 Å². The van der Waals surface area contributed by atoms with E-state index in [0.717, 1.165) is 11.1 Å². The van der Waals surface area contributed by atoms with Gasteiger partial charge in [0.05, 0.1) is 6.61 Å². The summed E-state index contributed by atoms with van der Waals surface area (Å²) in [5, 5.41) is 0. The summed E-state index contributed by atoms with van der Waals surface area (Å²) < 4.78 is 4.98. The third kappa shape index (κ3) is 3.18. The van der Waals surface area contributed by atoms with Gasteiger partial charge in [0.15, 0.2) is 5.78 Å². The van der Waals surface area contributed by atoms with Gasteiger partial charge < -0.3 is 9.64 Å². The van der Waals surface area contributed by atoms with Crippen molar-refractivity contribution < 1.29 is 14.3 Å². The summed E-state index contributed by atoms with van der Waals surface area (Å²) in [5.41, 5.74) is 1.83. The number of Topliss-reactive ketones (excluding diaryl/α,β-unsaturated/α-hetero) is 1. The SMILES string of the molecule is CCOC(=O)N1CCC(C(=O)c2ccccc2C)CC1. The minimum absolute atomic E-state index is 0.0155. The molecule has 1 amide bonds. The van der Waals surface area contributed by atoms with Crippen molar-refractivity contribution in [3.63, 3.8) is 0 Å². The molecule has 0 saturated carbocycles. The Hall–Kier alpha value is -1.84. The molecule has 0 aromatic heterocycles. The van der Waals surface area contributed by atoms with E-state index in [9.17, 15) is 9.59 Å². The lowest BCUT2D eigenvalue weighted by atomic mass is 9.87. The standard InChI is InChI=1S/C16H21NO3/c1-3-20-16(19)17-10-8-13(9-11-17)15(18)14-7-5-4-6-12(14)2/h4-7,13H,3,8-11H2,1-2H3. The first kappa shape index (κ1) is 14.6. The van der Waals surface area contributed by atoms with Crippen LogP contribution in [-0.4, -0.2) is 36.5 Å². The Morgan fingerprint density at radius 1 is 1.25 bits per heavy atom. The molecule has 0 atom stereocenters. The Bertz CT molecular complexity index is 490. The summed E-state index contributed by atoms with van der Waals surface area (Å²) in [5.74, 6) is 0.216. The fourth-order valence-electron chi connectivity index (χ4n) is 2.61. The molecular weight excluding hydrogens is 254 g/mol. The van der Waals surface area contributed by atoms with E-state index in [1.165, 1.54) is 0 Å². The van der Waals surface area contributed by atoms with Crippen molar-refractivity contribution in [3.8, 4) is 0 Å². The number of benzene rings is 1. The zero-order valence-electron chi connectivity index (χ0n) is 12.1. The van der Waals surface area contributed by atoms with Gasteiger partial charge in [0.2, 0.25) is 0 Å². The van der Waals surface area contributed by atoms with E-state index in [-0.39, 0.29) is 17.8 Å². The van der Waals surface area contributed by atoms with Crippen LogP contribution in [0.4, 0.5) is 4.79 Å². The van der Waals surface area contributed by atoms with Gasteiger partial charge in [-0.25, -0.2) is 4.79 Å². The number of amides is 1. The monoisotopic (exact) mass is 275 g/mol. The van der Waals surface area contributed by atoms with E-state index in [4.69, 9.17) is 4.74 Å². The fourth-order valence-corrected chi connectivity index (χ4v) is 2.61. The summed E-state index contributed by atoms with van der Waals surface area (Å²) in [6, 6.07) is 7.68. The zero-order chi connectivity index (χ0) is 14.5. The molecule has 0 radical (unpaired) electrons. The van der Waals surface area contributed by atoms with Crippen molar-refractivity contribution in [2.24, 2.45) is 5.92 Å². The van der Waals surface area contributed by atoms with E-state index in [2.05, 4.69) is 0 Å². The van der Waals surface area contributed by atoms with Gasteiger partial charge in [-0.3, -0.25) is 4.79 Å². The molecule has 0 unspecified atom stereocenters. The Balaban J connectivity index is 1.96. The fraction of sp³-hybridized carbons (Fsp3) is 0.500. The highest BCUT2D eigenvalue weighted by Gasteiger charge is 2.28. The highest BCUT2D eigenvalue weighted by Crippen LogP contribution is 2.23. The first-order valence-electron chi connectivity index (χ1n) is 7.15. The van der Waals surface area contributed by atoms with Crippen molar-refractivity contribution in [1.29, 1.82) is 0 Å². The Kier molecular flexibility index (Phi) is 4.77. The van der Waals surface area contributed by atoms with Gasteiger partial charge in [-0.1, -0.05) is 24.3 Å². The third-order valence-corrected chi connectivity index (χ3v) is 3.80. The van der Waals surface area contributed by atoms with Gasteiger partial charge in [0.25, 0.3) is 0 Å². The van der Waals surface area contributed by atoms with Gasteiger partial charge in [-0.15, -0.1) is 0 Å². The normalized spacial score (nSPS) is 16.0. The Morgan fingerprint density at radius 3 is 2.50 bits per heavy atom. The number of likely N-dealkylation sites (tertiary alicyclic amines) is 1. The lowest BCUT2D eigenvalue weighted by Crippen LogP contribution is -2.40. The molecule has 1 fully saturated rings. The van der Waals surface area contributed by atoms with Crippen LogP contribution in [0.2, 0.25) is 0 Å². The average Bonchev–Trinajstić information content (AvgIpc) is 2.47. The summed E-state index contributed by atoms with van der Waals surface area (Å²) in [6.45, 7) is 5.34. The highest BCUT2D eigenvalue weighted by atomic mass is 16.6. The van der Waals surface area contributed by atoms with Crippen LogP contribution in [-0.2, 0) is 4.74 Å². The summed E-state index contributed by atoms with van der Waals surface area (Å²) in [7, 11) is 0. The highest BCUT2D eigenvalue weighted by molar-refractivity contribution is 5.99. The second kappa shape index (κ2) is 6.55. The molecule has 1 heterocycles. The first-order chi connectivity index (χ1) is 9.63. The largest absolute Gasteiger partial charge is 0.450 e. The maximum atomic E-state index is 12.5. The van der Waals surface area contributed by atoms with Crippen LogP contribution in [0, 0.1) is 12.8 Å². The maximum Gasteiger partial charge on any atom is 0.409 e. The smallest absolute Gasteiger partial charge is 0.409 e. The van der Waals surface area contributed by atoms with Crippen LogP contribution in [0.25, 0.3) is 0 Å². The number of piperidine rings is 1. The molecule has 0 N–H and O–H groups in total. The van der Waals surface area contributed by atoms with E-state index in [1.807, 2.05) is 31.2 Å². The topological polar surface area (TPSA) is 46.6 Å². The van der Waals surface area contributed by atoms with E-state index < -0.39 is 0 Å². The molecule has 108 valence electrons. The van der Waals surface area contributed by atoms with Crippen molar-refractivity contribution in [2.45, 2.75) is 26.7 Å². The van der Waals surface area contributed by atoms with Crippen LogP contribution in [0.3, 0.4) is 0 Å². The van der Waals surface area contributed by atoms with Crippen molar-refractivity contribution in [3.05, 3.63) is 35.4 Å². The molecule has 1 aromatic rings. The maximum absolute atomic E-state index is 12.5. The van der Waals surface area contributed by atoms with Crippen LogP contribution < -0.4 is 0 Å². The van der Waals surface area contributed by atoms with E-state index >= 15 is 0 Å². The second-order valence-electron chi connectivity index (χ2n) is 5.14. The average molecular weight is 275 g/mol. The van der Waals surface area contributed by atoms with Crippen molar-refractivity contribution in [2.75, 3.05) is 19.7 Å². The number of carbonyl (C=O) groups is 2. The Morgan fingerprint density at radius 2 is 1.90 bits per heavy atom. The van der Waals surface area contributed by atoms with Gasteiger partial charge >= 0.3 is 6.09 Å². The molecule has 4 nitrogen and oxygen atoms in total. The number of ether oxygens (including phenoxy) is 1. The van der Waals surface area contributed by atoms with Crippen LogP contribution in [0.5, 0.6) is 0 Å². The predicted molar refractivity (Wildman–Crippen MR) is 76.8 cm³/mol. The van der Waals surface area contributed by atoms with Crippen LogP contribution in [0.1, 0.15) is 35.7 Å². The minimum Gasteiger partial charge on any atom is -0.450 e. The zero-order valence-corrected chi connectivity index (χ0v) is 12.1. The molecule has 0 bridgehead atoms. The number of rotatable bonds is 3. The van der Waals surface area contributed by atoms with Crippen molar-refractivity contribution >= 4 is 11.9 Å². The van der Waals surface area contributed by atoms with Crippen LogP contribution in [0.15, 0.2) is 24.3 Å². The summed E-state index contributed by atoms with van der Waals surface area (Å²) >= 11 is 0. The molecule has 1 aliphatic rings. The first-order valence-corrected chi connectivity index (χ1v) is 7.15. The van der Waals surface area contributed by atoms with Gasteiger partial charge in [0, 0.05) is 24.6 Å². The van der Waals surface area contributed by atoms with E-state index in [0.29, 0.717) is 32.5 Å². The lowest BCUT2D eigenvalue weighted by Gasteiger charge is -2.30. The molecule has 1 aromatic carbocycles. The number of hydrogen-bond acceptors (Lipinski definition) is 3. The van der Waals surface area contributed by atoms with Crippen LogP contribution >= 0.6 is 0 Å². The number of aryl methyl sites for hydroxylation is 1. The molecule has 4 heteroatoms. The molecule has 20 heavy (non-hydrogen) atoms. The van der Waals surface area contributed by atoms with E-state index in [1.54, 1.807) is 11.8 Å². The van der Waals surface area contributed by atoms with Crippen molar-refractivity contribution in [1.82, 2.24) is 4.90 Å². The minimum atomic E-state index is -0.269. The third-order valence-electron chi connectivity index (χ3n) is 3.80. The van der Waals surface area contributed by atoms with Gasteiger partial charge in [-0.2, -0.15) is 0 Å². The predicted octanol–water partition coefficient (Wildman–Crippen LogP) is 3.05. The van der Waals surface area contributed by atoms with Gasteiger partial charge in [0.1, 0.15) is 0 Å². The summed E-state index contributed by atoms with van der Waals surface area (Å²) in [6.07, 6.45) is 1.16. The molecule has 2 rings (SSSR count). The second-order valence-corrected chi connectivity index (χ2v) is 5.14.